The Morgan fingerprint density at radius 3 is 2.65 bits per heavy atom. The van der Waals surface area contributed by atoms with Crippen LogP contribution in [0.25, 0.3) is 0 Å². The average molecular weight is 275 g/mol. The van der Waals surface area contributed by atoms with Gasteiger partial charge in [0.2, 0.25) is 0 Å². The van der Waals surface area contributed by atoms with Gasteiger partial charge in [-0.2, -0.15) is 0 Å². The van der Waals surface area contributed by atoms with Crippen LogP contribution in [0.5, 0.6) is 11.5 Å². The molecule has 0 radical (unpaired) electrons. The van der Waals surface area contributed by atoms with Gasteiger partial charge in [-0.15, -0.1) is 0 Å². The standard InChI is InChI=1S/C17H25NO2/c1-14(6-9-18-7-2-3-8-18)12-15-4-5-16-17(13-15)20-11-10-19-16/h4-5,13-14H,2-3,6-12H2,1H3. The number of rotatable bonds is 5. The Labute approximate surface area is 121 Å². The Morgan fingerprint density at radius 1 is 1.10 bits per heavy atom. The molecule has 1 saturated heterocycles. The Bertz CT molecular complexity index is 441. The topological polar surface area (TPSA) is 21.7 Å². The fourth-order valence-corrected chi connectivity index (χ4v) is 3.13. The molecule has 0 aliphatic carbocycles. The van der Waals surface area contributed by atoms with Crippen molar-refractivity contribution in [2.75, 3.05) is 32.8 Å². The molecule has 2 aliphatic rings. The van der Waals surface area contributed by atoms with Gasteiger partial charge in [-0.05, 0) is 68.9 Å². The van der Waals surface area contributed by atoms with Crippen LogP contribution in [0.2, 0.25) is 0 Å². The zero-order valence-corrected chi connectivity index (χ0v) is 12.4. The Balaban J connectivity index is 1.51. The van der Waals surface area contributed by atoms with Crippen LogP contribution >= 0.6 is 0 Å². The van der Waals surface area contributed by atoms with Crippen molar-refractivity contribution in [2.45, 2.75) is 32.6 Å². The maximum atomic E-state index is 5.65. The van der Waals surface area contributed by atoms with E-state index in [-0.39, 0.29) is 0 Å². The van der Waals surface area contributed by atoms with Crippen molar-refractivity contribution in [3.63, 3.8) is 0 Å². The predicted octanol–water partition coefficient (Wildman–Crippen LogP) is 3.12. The first-order chi connectivity index (χ1) is 9.81. The number of hydrogen-bond acceptors (Lipinski definition) is 3. The number of likely N-dealkylation sites (tertiary alicyclic amines) is 1. The molecule has 0 saturated carbocycles. The van der Waals surface area contributed by atoms with Crippen LogP contribution in [-0.2, 0) is 6.42 Å². The Morgan fingerprint density at radius 2 is 1.85 bits per heavy atom. The molecular weight excluding hydrogens is 250 g/mol. The monoisotopic (exact) mass is 275 g/mol. The fraction of sp³-hybridized carbons (Fsp3) is 0.647. The molecule has 2 aliphatic heterocycles. The van der Waals surface area contributed by atoms with E-state index in [0.29, 0.717) is 13.2 Å². The first-order valence-corrected chi connectivity index (χ1v) is 7.92. The summed E-state index contributed by atoms with van der Waals surface area (Å²) < 4.78 is 11.2. The molecule has 1 aromatic carbocycles. The lowest BCUT2D eigenvalue weighted by Gasteiger charge is -2.20. The Kier molecular flexibility index (Phi) is 4.46. The molecule has 2 heterocycles. The second-order valence-corrected chi connectivity index (χ2v) is 6.12. The van der Waals surface area contributed by atoms with Crippen molar-refractivity contribution in [1.82, 2.24) is 4.90 Å². The first kappa shape index (κ1) is 13.7. The van der Waals surface area contributed by atoms with E-state index in [2.05, 4.69) is 30.0 Å². The smallest absolute Gasteiger partial charge is 0.161 e. The molecule has 20 heavy (non-hydrogen) atoms. The molecule has 110 valence electrons. The summed E-state index contributed by atoms with van der Waals surface area (Å²) in [4.78, 5) is 2.60. The molecule has 0 bridgehead atoms. The van der Waals surface area contributed by atoms with Gasteiger partial charge in [0.25, 0.3) is 0 Å². The van der Waals surface area contributed by atoms with Crippen LogP contribution in [0, 0.1) is 5.92 Å². The molecule has 1 atom stereocenters. The van der Waals surface area contributed by atoms with E-state index in [0.717, 1.165) is 23.8 Å². The molecule has 1 fully saturated rings. The maximum Gasteiger partial charge on any atom is 0.161 e. The van der Waals surface area contributed by atoms with E-state index >= 15 is 0 Å². The maximum absolute atomic E-state index is 5.65. The predicted molar refractivity (Wildman–Crippen MR) is 80.6 cm³/mol. The van der Waals surface area contributed by atoms with E-state index in [1.807, 2.05) is 0 Å². The summed E-state index contributed by atoms with van der Waals surface area (Å²) in [5.41, 5.74) is 1.36. The molecule has 3 rings (SSSR count). The quantitative estimate of drug-likeness (QED) is 0.824. The normalized spacial score (nSPS) is 20.1. The first-order valence-electron chi connectivity index (χ1n) is 7.92. The van der Waals surface area contributed by atoms with Gasteiger partial charge in [-0.25, -0.2) is 0 Å². The minimum Gasteiger partial charge on any atom is -0.486 e. The third kappa shape index (κ3) is 3.45. The molecule has 0 N–H and O–H groups in total. The Hall–Kier alpha value is -1.22. The van der Waals surface area contributed by atoms with Crippen molar-refractivity contribution < 1.29 is 9.47 Å². The van der Waals surface area contributed by atoms with E-state index < -0.39 is 0 Å². The van der Waals surface area contributed by atoms with Gasteiger partial charge >= 0.3 is 0 Å². The molecule has 1 unspecified atom stereocenters. The highest BCUT2D eigenvalue weighted by Crippen LogP contribution is 2.31. The number of ether oxygens (including phenoxy) is 2. The highest BCUT2D eigenvalue weighted by atomic mass is 16.6. The van der Waals surface area contributed by atoms with Crippen molar-refractivity contribution in [3.8, 4) is 11.5 Å². The summed E-state index contributed by atoms with van der Waals surface area (Å²) >= 11 is 0. The lowest BCUT2D eigenvalue weighted by molar-refractivity contribution is 0.171. The van der Waals surface area contributed by atoms with Crippen molar-refractivity contribution >= 4 is 0 Å². The van der Waals surface area contributed by atoms with Crippen LogP contribution in [0.3, 0.4) is 0 Å². The zero-order chi connectivity index (χ0) is 13.8. The number of nitrogens with zero attached hydrogens (tertiary/aromatic N) is 1. The summed E-state index contributed by atoms with van der Waals surface area (Å²) in [5, 5.41) is 0. The van der Waals surface area contributed by atoms with Gasteiger partial charge in [0.15, 0.2) is 11.5 Å². The van der Waals surface area contributed by atoms with Gasteiger partial charge in [0.05, 0.1) is 0 Å². The van der Waals surface area contributed by atoms with Crippen LogP contribution < -0.4 is 9.47 Å². The summed E-state index contributed by atoms with van der Waals surface area (Å²) in [6, 6.07) is 6.39. The SMILES string of the molecule is CC(CCN1CCCC1)Cc1ccc2c(c1)OCCO2. The van der Waals surface area contributed by atoms with E-state index in [1.165, 1.54) is 44.5 Å². The second-order valence-electron chi connectivity index (χ2n) is 6.12. The van der Waals surface area contributed by atoms with Crippen LogP contribution in [0.1, 0.15) is 31.7 Å². The van der Waals surface area contributed by atoms with Gasteiger partial charge in [-0.3, -0.25) is 0 Å². The van der Waals surface area contributed by atoms with Crippen molar-refractivity contribution in [1.29, 1.82) is 0 Å². The molecule has 0 aromatic heterocycles. The summed E-state index contributed by atoms with van der Waals surface area (Å²) in [6.45, 7) is 7.55. The minimum atomic E-state index is 0.665. The minimum absolute atomic E-state index is 0.665. The summed E-state index contributed by atoms with van der Waals surface area (Å²) in [6.07, 6.45) is 5.19. The lowest BCUT2D eigenvalue weighted by atomic mass is 9.97. The molecule has 3 heteroatoms. The summed E-state index contributed by atoms with van der Waals surface area (Å²) in [5.74, 6) is 2.53. The van der Waals surface area contributed by atoms with Crippen LogP contribution in [-0.4, -0.2) is 37.7 Å². The number of fused-ring (bicyclic) bond motifs is 1. The van der Waals surface area contributed by atoms with Crippen LogP contribution in [0.4, 0.5) is 0 Å². The molecule has 1 aromatic rings. The van der Waals surface area contributed by atoms with Gasteiger partial charge in [0, 0.05) is 0 Å². The molecular formula is C17H25NO2. The van der Waals surface area contributed by atoms with E-state index in [9.17, 15) is 0 Å². The second kappa shape index (κ2) is 6.49. The van der Waals surface area contributed by atoms with Gasteiger partial charge in [-0.1, -0.05) is 13.0 Å². The third-order valence-electron chi connectivity index (χ3n) is 4.33. The lowest BCUT2D eigenvalue weighted by Crippen LogP contribution is -2.22. The highest BCUT2D eigenvalue weighted by molar-refractivity contribution is 5.43. The molecule has 3 nitrogen and oxygen atoms in total. The molecule has 0 spiro atoms. The fourth-order valence-electron chi connectivity index (χ4n) is 3.13. The summed E-state index contributed by atoms with van der Waals surface area (Å²) in [7, 11) is 0. The number of benzene rings is 1. The highest BCUT2D eigenvalue weighted by Gasteiger charge is 2.15. The van der Waals surface area contributed by atoms with E-state index in [4.69, 9.17) is 9.47 Å². The van der Waals surface area contributed by atoms with Crippen LogP contribution in [0.15, 0.2) is 18.2 Å². The number of hydrogen-bond donors (Lipinski definition) is 0. The van der Waals surface area contributed by atoms with Crippen molar-refractivity contribution in [3.05, 3.63) is 23.8 Å². The van der Waals surface area contributed by atoms with Gasteiger partial charge in [0.1, 0.15) is 13.2 Å². The largest absolute Gasteiger partial charge is 0.486 e. The van der Waals surface area contributed by atoms with Gasteiger partial charge < -0.3 is 14.4 Å². The molecule has 0 amide bonds. The third-order valence-corrected chi connectivity index (χ3v) is 4.33. The zero-order valence-electron chi connectivity index (χ0n) is 12.4. The van der Waals surface area contributed by atoms with E-state index in [1.54, 1.807) is 0 Å². The average Bonchev–Trinajstić information content (AvgIpc) is 2.98. The van der Waals surface area contributed by atoms with Crippen molar-refractivity contribution in [2.24, 2.45) is 5.92 Å².